The van der Waals surface area contributed by atoms with Gasteiger partial charge in [-0.2, -0.15) is 0 Å². The van der Waals surface area contributed by atoms with Crippen LogP contribution >= 0.6 is 24.4 Å². The van der Waals surface area contributed by atoms with E-state index in [-0.39, 0.29) is 29.4 Å². The van der Waals surface area contributed by atoms with Crippen LogP contribution in [0.5, 0.6) is 0 Å². The maximum Gasteiger partial charge on any atom is 0.256 e. The van der Waals surface area contributed by atoms with Crippen LogP contribution in [0, 0.1) is 23.3 Å². The van der Waals surface area contributed by atoms with E-state index in [9.17, 15) is 31.9 Å². The average Bonchev–Trinajstić information content (AvgIpc) is 3.16. The zero-order valence-corrected chi connectivity index (χ0v) is 19.9. The molecule has 16 heteroatoms. The van der Waals surface area contributed by atoms with Crippen molar-refractivity contribution < 1.29 is 41.8 Å². The second kappa shape index (κ2) is 13.5. The number of benzene rings is 1. The fourth-order valence-electron chi connectivity index (χ4n) is 2.59. The molecular formula is C19H19F4N5O5S2. The smallest absolute Gasteiger partial charge is 0.256 e. The van der Waals surface area contributed by atoms with Crippen LogP contribution in [0.25, 0.3) is 10.4 Å². The van der Waals surface area contributed by atoms with Crippen molar-refractivity contribution in [3.05, 3.63) is 39.3 Å². The van der Waals surface area contributed by atoms with E-state index < -0.39 is 65.0 Å². The lowest BCUT2D eigenvalue weighted by Crippen LogP contribution is -2.53. The molecule has 1 aliphatic rings. The van der Waals surface area contributed by atoms with Crippen molar-refractivity contribution >= 4 is 57.9 Å². The summed E-state index contributed by atoms with van der Waals surface area (Å²) in [6, 6.07) is 0. The largest absolute Gasteiger partial charge is 0.502 e. The zero-order chi connectivity index (χ0) is 26.9. The molecule has 1 unspecified atom stereocenters. The highest BCUT2D eigenvalue weighted by Crippen LogP contribution is 2.31. The minimum absolute atomic E-state index is 0.0631. The van der Waals surface area contributed by atoms with Gasteiger partial charge in [0.25, 0.3) is 5.91 Å². The van der Waals surface area contributed by atoms with Crippen LogP contribution in [0.2, 0.25) is 0 Å². The Morgan fingerprint density at radius 1 is 1.11 bits per heavy atom. The van der Waals surface area contributed by atoms with Crippen LogP contribution in [-0.4, -0.2) is 50.6 Å². The molecule has 0 aliphatic carbocycles. The van der Waals surface area contributed by atoms with Crippen molar-refractivity contribution in [1.29, 1.82) is 0 Å². The molecule has 0 spiro atoms. The van der Waals surface area contributed by atoms with Crippen LogP contribution in [0.1, 0.15) is 49.9 Å². The number of carbonyl (C=O) groups is 3. The summed E-state index contributed by atoms with van der Waals surface area (Å²) in [5.74, 6) is -11.8. The number of nitrogens with one attached hydrogen (secondary N) is 1. The summed E-state index contributed by atoms with van der Waals surface area (Å²) in [7, 11) is 0. The number of hydrogen-bond acceptors (Lipinski definition) is 7. The third-order valence-electron chi connectivity index (χ3n) is 4.31. The minimum Gasteiger partial charge on any atom is -0.502 e. The van der Waals surface area contributed by atoms with Crippen molar-refractivity contribution in [2.24, 2.45) is 5.11 Å². The number of azide groups is 1. The van der Waals surface area contributed by atoms with E-state index >= 15 is 0 Å². The molecule has 0 saturated carbocycles. The minimum atomic E-state index is -2.32. The number of imide groups is 1. The molecule has 35 heavy (non-hydrogen) atoms. The highest BCUT2D eigenvalue weighted by atomic mass is 32.1. The molecule has 2 rings (SSSR count). The Morgan fingerprint density at radius 2 is 1.63 bits per heavy atom. The number of nitrogens with zero attached hydrogens (tertiary/aromatic N) is 4. The Kier molecular flexibility index (Phi) is 11.5. The van der Waals surface area contributed by atoms with Gasteiger partial charge in [-0.25, -0.2) is 17.6 Å². The number of thiocarbonyl (C=S) groups is 2. The number of aliphatic hydroxyl groups excluding tert-OH is 1. The van der Waals surface area contributed by atoms with Gasteiger partial charge >= 0.3 is 0 Å². The molecule has 1 aliphatic heterocycles. The first-order chi connectivity index (χ1) is 16.4. The van der Waals surface area contributed by atoms with E-state index in [2.05, 4.69) is 22.2 Å². The zero-order valence-electron chi connectivity index (χ0n) is 18.3. The van der Waals surface area contributed by atoms with Gasteiger partial charge in [0.2, 0.25) is 11.8 Å². The van der Waals surface area contributed by atoms with Crippen LogP contribution in [0.4, 0.5) is 23.2 Å². The van der Waals surface area contributed by atoms with E-state index in [1.807, 2.05) is 12.2 Å². The van der Waals surface area contributed by atoms with Crippen molar-refractivity contribution in [2.45, 2.75) is 45.7 Å². The lowest BCUT2D eigenvalue weighted by Gasteiger charge is -2.27. The Balaban J connectivity index is 0.00000111. The van der Waals surface area contributed by atoms with Gasteiger partial charge in [-0.1, -0.05) is 19.0 Å². The topological polar surface area (TPSA) is 145 Å². The van der Waals surface area contributed by atoms with Gasteiger partial charge in [0, 0.05) is 30.6 Å². The molecular weight excluding hydrogens is 518 g/mol. The summed E-state index contributed by atoms with van der Waals surface area (Å²) < 4.78 is 60.4. The first-order valence-corrected chi connectivity index (χ1v) is 10.7. The fraction of sp³-hybridized carbons (Fsp3) is 0.421. The van der Waals surface area contributed by atoms with E-state index in [0.717, 1.165) is 0 Å². The first kappa shape index (κ1) is 29.7. The molecule has 0 radical (unpaired) electrons. The van der Waals surface area contributed by atoms with Gasteiger partial charge in [0.15, 0.2) is 33.4 Å². The van der Waals surface area contributed by atoms with Gasteiger partial charge in [-0.05, 0) is 30.0 Å². The summed E-state index contributed by atoms with van der Waals surface area (Å²) in [6.07, 6.45) is -0.987. The number of carbonyl (C=O) groups excluding carboxylic acids is 3. The molecule has 3 amide bonds. The molecule has 1 saturated heterocycles. The monoisotopic (exact) mass is 537 g/mol. The third kappa shape index (κ3) is 7.56. The quantitative estimate of drug-likeness (QED) is 0.0730. The molecule has 1 atom stereocenters. The Bertz CT molecular complexity index is 1080. The molecule has 2 N–H and O–H groups in total. The summed E-state index contributed by atoms with van der Waals surface area (Å²) in [5.41, 5.74) is 5.60. The maximum atomic E-state index is 14.2. The fourth-order valence-corrected chi connectivity index (χ4v) is 2.65. The molecule has 10 nitrogen and oxygen atoms in total. The number of rotatable bonds is 8. The lowest BCUT2D eigenvalue weighted by atomic mass is 10.1. The molecule has 0 aromatic heterocycles. The second-order valence-electron chi connectivity index (χ2n) is 6.60. The van der Waals surface area contributed by atoms with Gasteiger partial charge in [-0.3, -0.25) is 19.3 Å². The molecule has 1 aromatic carbocycles. The third-order valence-corrected chi connectivity index (χ3v) is 5.00. The predicted octanol–water partition coefficient (Wildman–Crippen LogP) is 4.43. The Labute approximate surface area is 206 Å². The predicted molar refractivity (Wildman–Crippen MR) is 122 cm³/mol. The van der Waals surface area contributed by atoms with Crippen molar-refractivity contribution in [3.8, 4) is 0 Å². The first-order valence-electron chi connectivity index (χ1n) is 9.85. The molecule has 1 heterocycles. The SMILES string of the molecule is CCC(=S)OCC(NC(=O)c1c(F)c(F)c(F)c(F)c1N=[N+]=[N-])N1C(=O)CCC1=O.CCC(O)=S. The van der Waals surface area contributed by atoms with Crippen LogP contribution in [0.15, 0.2) is 5.11 Å². The molecule has 0 bridgehead atoms. The summed E-state index contributed by atoms with van der Waals surface area (Å²) in [6.45, 7) is 2.91. The molecule has 1 aromatic rings. The van der Waals surface area contributed by atoms with Gasteiger partial charge < -0.3 is 15.2 Å². The number of likely N-dealkylation sites (tertiary alicyclic amines) is 1. The van der Waals surface area contributed by atoms with Crippen molar-refractivity contribution in [3.63, 3.8) is 0 Å². The number of aliphatic hydroxyl groups is 1. The average molecular weight is 538 g/mol. The summed E-state index contributed by atoms with van der Waals surface area (Å²) in [4.78, 5) is 39.3. The van der Waals surface area contributed by atoms with Crippen molar-refractivity contribution in [2.75, 3.05) is 6.61 Å². The highest BCUT2D eigenvalue weighted by Gasteiger charge is 2.38. The molecule has 1 fully saturated rings. The number of hydrogen-bond donors (Lipinski definition) is 2. The van der Waals surface area contributed by atoms with Crippen LogP contribution in [0.3, 0.4) is 0 Å². The van der Waals surface area contributed by atoms with Gasteiger partial charge in [0.1, 0.15) is 12.8 Å². The van der Waals surface area contributed by atoms with Crippen molar-refractivity contribution in [1.82, 2.24) is 10.2 Å². The highest BCUT2D eigenvalue weighted by molar-refractivity contribution is 7.80. The standard InChI is InChI=1S/C16H13F4N5O4S.C3H6OS/c1-2-9(30)29-5-6(25-7(26)3-4-8(25)27)22-16(28)10-11(17)12(18)13(19)14(20)15(10)23-24-21;1-2-3(4)5/h6H,2-5H2,1H3,(H,22,28);2H2,1H3,(H,4,5). The van der Waals surface area contributed by atoms with E-state index in [4.69, 9.17) is 27.6 Å². The van der Waals surface area contributed by atoms with Gasteiger partial charge in [0.05, 0.1) is 11.3 Å². The Morgan fingerprint density at radius 3 is 2.09 bits per heavy atom. The summed E-state index contributed by atoms with van der Waals surface area (Å²) >= 11 is 9.11. The molecule has 190 valence electrons. The number of halogens is 4. The number of amides is 3. The summed E-state index contributed by atoms with van der Waals surface area (Å²) in [5, 5.41) is 13.0. The number of ether oxygens (including phenoxy) is 1. The van der Waals surface area contributed by atoms with E-state index in [1.165, 1.54) is 0 Å². The van der Waals surface area contributed by atoms with E-state index in [0.29, 0.717) is 11.3 Å². The normalized spacial score (nSPS) is 13.4. The van der Waals surface area contributed by atoms with Crippen LogP contribution < -0.4 is 5.32 Å². The van der Waals surface area contributed by atoms with Gasteiger partial charge in [-0.15, -0.1) is 0 Å². The Hall–Kier alpha value is -3.36. The lowest BCUT2D eigenvalue weighted by molar-refractivity contribution is -0.142. The maximum absolute atomic E-state index is 14.2. The van der Waals surface area contributed by atoms with E-state index in [1.54, 1.807) is 6.92 Å². The van der Waals surface area contributed by atoms with Crippen LogP contribution in [-0.2, 0) is 14.3 Å². The second-order valence-corrected chi connectivity index (χ2v) is 7.53.